The number of carbonyl (C=O) groups excluding carboxylic acids is 2. The van der Waals surface area contributed by atoms with Crippen LogP contribution >= 0.6 is 0 Å². The SMILES string of the molecule is CN(CC(N)=O)C(=O)C1(c2ccccc2F)CC1. The molecular weight excluding hydrogens is 235 g/mol. The highest BCUT2D eigenvalue weighted by Gasteiger charge is 2.53. The number of halogens is 1. The second-order valence-electron chi connectivity index (χ2n) is 4.69. The smallest absolute Gasteiger partial charge is 0.237 e. The average Bonchev–Trinajstić information content (AvgIpc) is 3.09. The highest BCUT2D eigenvalue weighted by molar-refractivity contribution is 5.93. The lowest BCUT2D eigenvalue weighted by molar-refractivity contribution is -0.136. The van der Waals surface area contributed by atoms with Crippen molar-refractivity contribution in [3.63, 3.8) is 0 Å². The number of nitrogens with zero attached hydrogens (tertiary/aromatic N) is 1. The van der Waals surface area contributed by atoms with Crippen LogP contribution in [-0.4, -0.2) is 30.3 Å². The predicted octanol–water partition coefficient (Wildman–Crippen LogP) is 0.801. The van der Waals surface area contributed by atoms with Crippen LogP contribution in [-0.2, 0) is 15.0 Å². The van der Waals surface area contributed by atoms with Gasteiger partial charge in [-0.15, -0.1) is 0 Å². The number of nitrogens with two attached hydrogens (primary N) is 1. The fraction of sp³-hybridized carbons (Fsp3) is 0.385. The lowest BCUT2D eigenvalue weighted by Crippen LogP contribution is -2.41. The molecule has 1 fully saturated rings. The normalized spacial score (nSPS) is 16.1. The second kappa shape index (κ2) is 4.40. The second-order valence-corrected chi connectivity index (χ2v) is 4.69. The van der Waals surface area contributed by atoms with Crippen LogP contribution in [0.1, 0.15) is 18.4 Å². The number of rotatable bonds is 4. The van der Waals surface area contributed by atoms with Gasteiger partial charge in [0.05, 0.1) is 12.0 Å². The first-order chi connectivity index (χ1) is 8.47. The summed E-state index contributed by atoms with van der Waals surface area (Å²) in [6.07, 6.45) is 1.21. The van der Waals surface area contributed by atoms with Gasteiger partial charge in [0.2, 0.25) is 11.8 Å². The van der Waals surface area contributed by atoms with Crippen molar-refractivity contribution in [2.75, 3.05) is 13.6 Å². The summed E-state index contributed by atoms with van der Waals surface area (Å²) < 4.78 is 13.7. The topological polar surface area (TPSA) is 63.4 Å². The minimum Gasteiger partial charge on any atom is -0.368 e. The quantitative estimate of drug-likeness (QED) is 0.859. The summed E-state index contributed by atoms with van der Waals surface area (Å²) >= 11 is 0. The van der Waals surface area contributed by atoms with Crippen molar-refractivity contribution in [2.24, 2.45) is 5.73 Å². The third-order valence-electron chi connectivity index (χ3n) is 3.29. The summed E-state index contributed by atoms with van der Waals surface area (Å²) in [6.45, 7) is -0.144. The van der Waals surface area contributed by atoms with Crippen molar-refractivity contribution >= 4 is 11.8 Å². The van der Waals surface area contributed by atoms with Gasteiger partial charge in [-0.3, -0.25) is 9.59 Å². The Morgan fingerprint density at radius 3 is 2.50 bits per heavy atom. The third kappa shape index (κ3) is 2.08. The molecule has 2 amide bonds. The predicted molar refractivity (Wildman–Crippen MR) is 64.1 cm³/mol. The molecule has 1 saturated carbocycles. The summed E-state index contributed by atoms with van der Waals surface area (Å²) in [5, 5.41) is 0. The highest BCUT2D eigenvalue weighted by atomic mass is 19.1. The molecule has 2 N–H and O–H groups in total. The van der Waals surface area contributed by atoms with Crippen LogP contribution in [0.25, 0.3) is 0 Å². The summed E-state index contributed by atoms with van der Waals surface area (Å²) in [7, 11) is 1.51. The van der Waals surface area contributed by atoms with Crippen molar-refractivity contribution in [3.8, 4) is 0 Å². The minimum atomic E-state index is -0.796. The van der Waals surface area contributed by atoms with Crippen LogP contribution in [0, 0.1) is 5.82 Å². The molecule has 96 valence electrons. The number of likely N-dealkylation sites (N-methyl/N-ethyl adjacent to an activating group) is 1. The molecule has 0 saturated heterocycles. The van der Waals surface area contributed by atoms with Crippen LogP contribution in [0.5, 0.6) is 0 Å². The van der Waals surface area contributed by atoms with Crippen molar-refractivity contribution in [1.82, 2.24) is 4.90 Å². The number of hydrogen-bond donors (Lipinski definition) is 1. The molecule has 0 aliphatic heterocycles. The van der Waals surface area contributed by atoms with E-state index >= 15 is 0 Å². The number of primary amides is 1. The van der Waals surface area contributed by atoms with Gasteiger partial charge in [-0.25, -0.2) is 4.39 Å². The molecule has 1 aliphatic carbocycles. The van der Waals surface area contributed by atoms with E-state index in [1.54, 1.807) is 18.2 Å². The summed E-state index contributed by atoms with van der Waals surface area (Å²) in [5.41, 5.74) is 4.67. The lowest BCUT2D eigenvalue weighted by atomic mass is 9.94. The van der Waals surface area contributed by atoms with Gasteiger partial charge in [0, 0.05) is 12.6 Å². The Hall–Kier alpha value is -1.91. The standard InChI is InChI=1S/C13H15FN2O2/c1-16(8-11(15)17)12(18)13(6-7-13)9-4-2-3-5-10(9)14/h2-5H,6-8H2,1H3,(H2,15,17). The van der Waals surface area contributed by atoms with E-state index < -0.39 is 11.3 Å². The number of carbonyl (C=O) groups is 2. The van der Waals surface area contributed by atoms with E-state index in [2.05, 4.69) is 0 Å². The van der Waals surface area contributed by atoms with Crippen molar-refractivity contribution in [2.45, 2.75) is 18.3 Å². The van der Waals surface area contributed by atoms with Crippen LogP contribution in [0.2, 0.25) is 0 Å². The fourth-order valence-corrected chi connectivity index (χ4v) is 2.24. The Labute approximate surface area is 105 Å². The van der Waals surface area contributed by atoms with Crippen LogP contribution in [0.4, 0.5) is 4.39 Å². The largest absolute Gasteiger partial charge is 0.368 e. The summed E-state index contributed by atoms with van der Waals surface area (Å²) in [4.78, 5) is 24.4. The molecule has 0 spiro atoms. The molecular formula is C13H15FN2O2. The van der Waals surface area contributed by atoms with E-state index in [4.69, 9.17) is 5.73 Å². The van der Waals surface area contributed by atoms with Gasteiger partial charge in [0.1, 0.15) is 5.82 Å². The van der Waals surface area contributed by atoms with Gasteiger partial charge in [0.15, 0.2) is 0 Å². The van der Waals surface area contributed by atoms with E-state index in [-0.39, 0.29) is 18.3 Å². The molecule has 0 heterocycles. The molecule has 5 heteroatoms. The number of benzene rings is 1. The molecule has 1 aliphatic rings. The average molecular weight is 250 g/mol. The maximum atomic E-state index is 13.7. The van der Waals surface area contributed by atoms with Gasteiger partial charge in [0.25, 0.3) is 0 Å². The van der Waals surface area contributed by atoms with E-state index in [9.17, 15) is 14.0 Å². The zero-order valence-corrected chi connectivity index (χ0v) is 10.1. The van der Waals surface area contributed by atoms with Gasteiger partial charge < -0.3 is 10.6 Å². The van der Waals surface area contributed by atoms with E-state index in [0.29, 0.717) is 18.4 Å². The van der Waals surface area contributed by atoms with Crippen molar-refractivity contribution in [3.05, 3.63) is 35.6 Å². The molecule has 2 rings (SSSR count). The van der Waals surface area contributed by atoms with E-state index in [1.165, 1.54) is 18.0 Å². The van der Waals surface area contributed by atoms with Crippen LogP contribution < -0.4 is 5.73 Å². The molecule has 0 bridgehead atoms. The first kappa shape index (κ1) is 12.5. The van der Waals surface area contributed by atoms with E-state index in [0.717, 1.165) is 0 Å². The Balaban J connectivity index is 2.25. The molecule has 1 aromatic rings. The maximum Gasteiger partial charge on any atom is 0.237 e. The van der Waals surface area contributed by atoms with Gasteiger partial charge in [-0.2, -0.15) is 0 Å². The highest BCUT2D eigenvalue weighted by Crippen LogP contribution is 2.50. The van der Waals surface area contributed by atoms with Crippen LogP contribution in [0.15, 0.2) is 24.3 Å². The minimum absolute atomic E-state index is 0.144. The van der Waals surface area contributed by atoms with E-state index in [1.807, 2.05) is 0 Å². The molecule has 0 atom stereocenters. The molecule has 0 radical (unpaired) electrons. The summed E-state index contributed by atoms with van der Waals surface area (Å²) in [6, 6.07) is 6.27. The zero-order chi connectivity index (χ0) is 13.3. The Bertz CT molecular complexity index is 498. The summed E-state index contributed by atoms with van der Waals surface area (Å²) in [5.74, 6) is -1.20. The van der Waals surface area contributed by atoms with Gasteiger partial charge >= 0.3 is 0 Å². The fourth-order valence-electron chi connectivity index (χ4n) is 2.24. The molecule has 18 heavy (non-hydrogen) atoms. The van der Waals surface area contributed by atoms with Crippen molar-refractivity contribution in [1.29, 1.82) is 0 Å². The molecule has 1 aromatic carbocycles. The first-order valence-electron chi connectivity index (χ1n) is 5.76. The molecule has 0 aromatic heterocycles. The zero-order valence-electron chi connectivity index (χ0n) is 10.1. The molecule has 4 nitrogen and oxygen atoms in total. The first-order valence-corrected chi connectivity index (χ1v) is 5.76. The Morgan fingerprint density at radius 2 is 2.00 bits per heavy atom. The maximum absolute atomic E-state index is 13.7. The third-order valence-corrected chi connectivity index (χ3v) is 3.29. The molecule has 0 unspecified atom stereocenters. The monoisotopic (exact) mass is 250 g/mol. The van der Waals surface area contributed by atoms with Gasteiger partial charge in [-0.05, 0) is 18.9 Å². The number of hydrogen-bond acceptors (Lipinski definition) is 2. The number of amides is 2. The Kier molecular flexibility index (Phi) is 3.07. The Morgan fingerprint density at radius 1 is 1.39 bits per heavy atom. The van der Waals surface area contributed by atoms with Crippen LogP contribution in [0.3, 0.4) is 0 Å². The lowest BCUT2D eigenvalue weighted by Gasteiger charge is -2.23. The van der Waals surface area contributed by atoms with Gasteiger partial charge in [-0.1, -0.05) is 18.2 Å². The van der Waals surface area contributed by atoms with Crippen molar-refractivity contribution < 1.29 is 14.0 Å².